The highest BCUT2D eigenvalue weighted by molar-refractivity contribution is 5.99. The van der Waals surface area contributed by atoms with Gasteiger partial charge in [0.05, 0.1) is 19.1 Å². The smallest absolute Gasteiger partial charge is 0.309 e. The average Bonchev–Trinajstić information content (AvgIpc) is 2.86. The number of pyridine rings is 1. The SMILES string of the molecule is CCCO[C@H]1CCCC[C@H](CC(=O)c2nccc(OC)c2O)C(=O)O[C@@H](C)[C@@H]1Oc1ccccc1. The maximum atomic E-state index is 13.2. The van der Waals surface area contributed by atoms with Crippen molar-refractivity contribution in [3.8, 4) is 17.2 Å². The Morgan fingerprint density at radius 2 is 1.91 bits per heavy atom. The third-order valence-electron chi connectivity index (χ3n) is 6.11. The van der Waals surface area contributed by atoms with E-state index < -0.39 is 29.9 Å². The maximum absolute atomic E-state index is 13.2. The fourth-order valence-electron chi connectivity index (χ4n) is 4.25. The number of ether oxygens (including phenoxy) is 4. The second-order valence-electron chi connectivity index (χ2n) is 8.77. The molecule has 0 saturated carbocycles. The Morgan fingerprint density at radius 1 is 1.17 bits per heavy atom. The van der Waals surface area contributed by atoms with Crippen molar-refractivity contribution in [2.24, 2.45) is 5.92 Å². The maximum Gasteiger partial charge on any atom is 0.309 e. The lowest BCUT2D eigenvalue weighted by molar-refractivity contribution is -0.164. The topological polar surface area (TPSA) is 104 Å². The van der Waals surface area contributed by atoms with Gasteiger partial charge in [0, 0.05) is 25.3 Å². The van der Waals surface area contributed by atoms with Crippen molar-refractivity contribution >= 4 is 11.8 Å². The molecule has 1 N–H and O–H groups in total. The molecule has 0 spiro atoms. The lowest BCUT2D eigenvalue weighted by Crippen LogP contribution is -2.45. The van der Waals surface area contributed by atoms with E-state index in [0.717, 1.165) is 25.7 Å². The second-order valence-corrected chi connectivity index (χ2v) is 8.77. The van der Waals surface area contributed by atoms with E-state index in [0.29, 0.717) is 18.8 Å². The minimum atomic E-state index is -0.650. The fraction of sp³-hybridized carbons (Fsp3) is 0.519. The van der Waals surface area contributed by atoms with E-state index in [-0.39, 0.29) is 29.7 Å². The van der Waals surface area contributed by atoms with Gasteiger partial charge in [-0.1, -0.05) is 38.0 Å². The molecule has 1 fully saturated rings. The molecule has 1 aliphatic heterocycles. The summed E-state index contributed by atoms with van der Waals surface area (Å²) in [5, 5.41) is 10.3. The molecule has 1 saturated heterocycles. The number of rotatable bonds is 9. The summed E-state index contributed by atoms with van der Waals surface area (Å²) < 4.78 is 23.3. The third-order valence-corrected chi connectivity index (χ3v) is 6.11. The molecule has 1 aromatic heterocycles. The first-order valence-corrected chi connectivity index (χ1v) is 12.2. The molecule has 1 aliphatic rings. The number of ketones is 1. The Morgan fingerprint density at radius 3 is 2.63 bits per heavy atom. The van der Waals surface area contributed by atoms with Crippen LogP contribution in [-0.4, -0.2) is 53.9 Å². The Balaban J connectivity index is 1.77. The zero-order chi connectivity index (χ0) is 25.2. The van der Waals surface area contributed by atoms with Crippen molar-refractivity contribution < 1.29 is 33.6 Å². The van der Waals surface area contributed by atoms with Crippen LogP contribution >= 0.6 is 0 Å². The summed E-state index contributed by atoms with van der Waals surface area (Å²) in [7, 11) is 1.40. The first-order chi connectivity index (χ1) is 16.9. The van der Waals surface area contributed by atoms with Crippen LogP contribution < -0.4 is 9.47 Å². The minimum absolute atomic E-state index is 0.111. The summed E-state index contributed by atoms with van der Waals surface area (Å²) in [6.45, 7) is 4.44. The predicted molar refractivity (Wildman–Crippen MR) is 130 cm³/mol. The van der Waals surface area contributed by atoms with Crippen molar-refractivity contribution in [3.63, 3.8) is 0 Å². The lowest BCUT2D eigenvalue weighted by atomic mass is 9.92. The fourth-order valence-corrected chi connectivity index (χ4v) is 4.25. The Labute approximate surface area is 206 Å². The number of hydrogen-bond acceptors (Lipinski definition) is 8. The van der Waals surface area contributed by atoms with E-state index in [1.165, 1.54) is 19.4 Å². The standard InChI is InChI=1S/C27H35NO7/c1-4-16-33-23-13-9-8-10-19(17-21(29)24-25(30)22(32-3)14-15-28-24)27(31)34-18(2)26(23)35-20-11-6-5-7-12-20/h5-7,11-12,14-15,18-19,23,26,30H,4,8-10,13,16-17H2,1-3H3/t18-,19+,23-,26-/m0/s1. The van der Waals surface area contributed by atoms with Crippen LogP contribution in [0.25, 0.3) is 0 Å². The zero-order valence-electron chi connectivity index (χ0n) is 20.6. The Kier molecular flexibility index (Phi) is 9.90. The van der Waals surface area contributed by atoms with Gasteiger partial charge in [0.15, 0.2) is 29.1 Å². The highest BCUT2D eigenvalue weighted by atomic mass is 16.6. The molecular weight excluding hydrogens is 450 g/mol. The van der Waals surface area contributed by atoms with E-state index in [2.05, 4.69) is 4.98 Å². The molecule has 0 amide bonds. The molecule has 0 unspecified atom stereocenters. The number of carbonyl (C=O) groups is 2. The van der Waals surface area contributed by atoms with Gasteiger partial charge in [0.2, 0.25) is 0 Å². The van der Waals surface area contributed by atoms with Gasteiger partial charge in [-0.05, 0) is 38.3 Å². The molecule has 0 radical (unpaired) electrons. The van der Waals surface area contributed by atoms with Gasteiger partial charge in [-0.2, -0.15) is 0 Å². The van der Waals surface area contributed by atoms with E-state index in [4.69, 9.17) is 18.9 Å². The normalized spacial score (nSPS) is 23.2. The number of esters is 1. The van der Waals surface area contributed by atoms with Crippen LogP contribution in [0.5, 0.6) is 17.2 Å². The summed E-state index contributed by atoms with van der Waals surface area (Å²) >= 11 is 0. The van der Waals surface area contributed by atoms with Gasteiger partial charge in [0.25, 0.3) is 0 Å². The summed E-state index contributed by atoms with van der Waals surface area (Å²) in [6.07, 6.45) is 3.62. The Hall–Kier alpha value is -3.13. The molecule has 3 rings (SSSR count). The molecule has 1 aromatic carbocycles. The van der Waals surface area contributed by atoms with Crippen molar-refractivity contribution in [1.82, 2.24) is 4.98 Å². The van der Waals surface area contributed by atoms with Crippen molar-refractivity contribution in [2.75, 3.05) is 13.7 Å². The quantitative estimate of drug-likeness (QED) is 0.401. The molecule has 8 heteroatoms. The summed E-state index contributed by atoms with van der Waals surface area (Å²) in [4.78, 5) is 30.1. The van der Waals surface area contributed by atoms with Gasteiger partial charge in [0.1, 0.15) is 11.9 Å². The molecule has 8 nitrogen and oxygen atoms in total. The number of carbonyl (C=O) groups excluding carboxylic acids is 2. The van der Waals surface area contributed by atoms with E-state index in [1.807, 2.05) is 37.3 Å². The number of aromatic nitrogens is 1. The largest absolute Gasteiger partial charge is 0.503 e. The molecule has 190 valence electrons. The van der Waals surface area contributed by atoms with Crippen molar-refractivity contribution in [2.45, 2.75) is 70.7 Å². The molecule has 35 heavy (non-hydrogen) atoms. The third kappa shape index (κ3) is 7.18. The second kappa shape index (κ2) is 13.1. The van der Waals surface area contributed by atoms with E-state index in [9.17, 15) is 14.7 Å². The van der Waals surface area contributed by atoms with Crippen LogP contribution in [-0.2, 0) is 14.3 Å². The lowest BCUT2D eigenvalue weighted by Gasteiger charge is -2.33. The zero-order valence-corrected chi connectivity index (χ0v) is 20.6. The van der Waals surface area contributed by atoms with Crippen LogP contribution in [0.4, 0.5) is 0 Å². The van der Waals surface area contributed by atoms with Gasteiger partial charge >= 0.3 is 5.97 Å². The molecule has 2 aromatic rings. The number of para-hydroxylation sites is 1. The summed E-state index contributed by atoms with van der Waals surface area (Å²) in [5.74, 6) is -1.05. The molecule has 0 aliphatic carbocycles. The Bertz CT molecular complexity index is 965. The number of Topliss-reactive ketones (excluding diaryl/α,β-unsaturated/α-hetero) is 1. The summed E-state index contributed by atoms with van der Waals surface area (Å²) in [5.41, 5.74) is -0.111. The van der Waals surface area contributed by atoms with Crippen molar-refractivity contribution in [3.05, 3.63) is 48.3 Å². The van der Waals surface area contributed by atoms with Gasteiger partial charge in [-0.25, -0.2) is 4.98 Å². The summed E-state index contributed by atoms with van der Waals surface area (Å²) in [6, 6.07) is 10.9. The van der Waals surface area contributed by atoms with Crippen LogP contribution in [0.15, 0.2) is 42.6 Å². The van der Waals surface area contributed by atoms with Gasteiger partial charge < -0.3 is 24.1 Å². The number of methoxy groups -OCH3 is 1. The molecule has 4 atom stereocenters. The van der Waals surface area contributed by atoms with Crippen molar-refractivity contribution in [1.29, 1.82) is 0 Å². The van der Waals surface area contributed by atoms with E-state index >= 15 is 0 Å². The number of hydrogen-bond donors (Lipinski definition) is 1. The van der Waals surface area contributed by atoms with E-state index in [1.54, 1.807) is 6.92 Å². The first-order valence-electron chi connectivity index (χ1n) is 12.2. The van der Waals surface area contributed by atoms with Crippen LogP contribution in [0.3, 0.4) is 0 Å². The molecular formula is C27H35NO7. The monoisotopic (exact) mass is 485 g/mol. The van der Waals surface area contributed by atoms with Crippen LogP contribution in [0, 0.1) is 5.92 Å². The highest BCUT2D eigenvalue weighted by Gasteiger charge is 2.36. The predicted octanol–water partition coefficient (Wildman–Crippen LogP) is 4.73. The first kappa shape index (κ1) is 26.5. The molecule has 0 bridgehead atoms. The van der Waals surface area contributed by atoms with Gasteiger partial charge in [-0.3, -0.25) is 9.59 Å². The number of cyclic esters (lactones) is 1. The number of aromatic hydroxyl groups is 1. The van der Waals surface area contributed by atoms with Crippen LogP contribution in [0.2, 0.25) is 0 Å². The number of benzene rings is 1. The van der Waals surface area contributed by atoms with Gasteiger partial charge in [-0.15, -0.1) is 0 Å². The molecule has 2 heterocycles. The highest BCUT2D eigenvalue weighted by Crippen LogP contribution is 2.31. The number of nitrogens with zero attached hydrogens (tertiary/aromatic N) is 1. The van der Waals surface area contributed by atoms with Crippen LogP contribution in [0.1, 0.15) is 62.9 Å². The minimum Gasteiger partial charge on any atom is -0.503 e. The average molecular weight is 486 g/mol.